The zero-order valence-electron chi connectivity index (χ0n) is 9.61. The Morgan fingerprint density at radius 1 is 1.00 bits per heavy atom. The van der Waals surface area contributed by atoms with Crippen LogP contribution in [0.25, 0.3) is 0 Å². The summed E-state index contributed by atoms with van der Waals surface area (Å²) in [5.41, 5.74) is 1.24. The molecule has 0 unspecified atom stereocenters. The van der Waals surface area contributed by atoms with E-state index in [2.05, 4.69) is 24.0 Å². The minimum atomic E-state index is 0. The Morgan fingerprint density at radius 2 is 1.73 bits per heavy atom. The fraction of sp³-hybridized carbons (Fsp3) is 0.615. The first kappa shape index (κ1) is 14.4. The lowest BCUT2D eigenvalue weighted by molar-refractivity contribution is 0.604. The van der Waals surface area contributed by atoms with Crippen molar-refractivity contribution in [2.75, 3.05) is 0 Å². The number of aryl methyl sites for hydroxylation is 1. The van der Waals surface area contributed by atoms with Crippen molar-refractivity contribution in [1.29, 1.82) is 0 Å². The molecule has 0 atom stereocenters. The molecule has 0 aliphatic carbocycles. The van der Waals surface area contributed by atoms with E-state index in [0.29, 0.717) is 0 Å². The summed E-state index contributed by atoms with van der Waals surface area (Å²) < 4.78 is 0. The van der Waals surface area contributed by atoms with Crippen molar-refractivity contribution in [3.63, 3.8) is 0 Å². The number of pyridine rings is 1. The van der Waals surface area contributed by atoms with E-state index >= 15 is 0 Å². The van der Waals surface area contributed by atoms with Gasteiger partial charge in [-0.25, -0.2) is 0 Å². The van der Waals surface area contributed by atoms with Gasteiger partial charge in [0, 0.05) is 11.9 Å². The van der Waals surface area contributed by atoms with Gasteiger partial charge in [0.1, 0.15) is 0 Å². The van der Waals surface area contributed by atoms with Crippen molar-refractivity contribution in [1.82, 2.24) is 4.98 Å². The molecule has 0 aliphatic heterocycles. The summed E-state index contributed by atoms with van der Waals surface area (Å²) in [5.74, 6) is 0. The number of rotatable bonds is 7. The molecule has 0 aromatic carbocycles. The maximum absolute atomic E-state index is 4.31. The minimum absolute atomic E-state index is 0. The second-order valence-electron chi connectivity index (χ2n) is 3.84. The highest BCUT2D eigenvalue weighted by atomic mass is 35.5. The van der Waals surface area contributed by atoms with Crippen LogP contribution in [0.2, 0.25) is 0 Å². The van der Waals surface area contributed by atoms with Crippen LogP contribution in [0.15, 0.2) is 24.4 Å². The van der Waals surface area contributed by atoms with Crippen LogP contribution in [0.5, 0.6) is 0 Å². The monoisotopic (exact) mass is 227 g/mol. The van der Waals surface area contributed by atoms with E-state index < -0.39 is 0 Å². The van der Waals surface area contributed by atoms with Crippen LogP contribution in [0.1, 0.15) is 51.1 Å². The summed E-state index contributed by atoms with van der Waals surface area (Å²) in [6, 6.07) is 6.16. The number of halogens is 1. The maximum atomic E-state index is 4.31. The van der Waals surface area contributed by atoms with Gasteiger partial charge >= 0.3 is 0 Å². The standard InChI is InChI=1S/C13H21N.ClH/c1-2-3-4-5-6-7-10-13-11-8-9-12-14-13;/h8-9,11-12H,2-7,10H2,1H3;1H. The lowest BCUT2D eigenvalue weighted by Crippen LogP contribution is -1.88. The zero-order valence-corrected chi connectivity index (χ0v) is 10.4. The molecule has 0 bridgehead atoms. The summed E-state index contributed by atoms with van der Waals surface area (Å²) in [6.07, 6.45) is 11.2. The minimum Gasteiger partial charge on any atom is -0.261 e. The summed E-state index contributed by atoms with van der Waals surface area (Å²) in [5, 5.41) is 0. The highest BCUT2D eigenvalue weighted by Crippen LogP contribution is 2.07. The molecule has 0 radical (unpaired) electrons. The summed E-state index contributed by atoms with van der Waals surface area (Å²) >= 11 is 0. The van der Waals surface area contributed by atoms with Gasteiger partial charge in [0.2, 0.25) is 0 Å². The first-order valence-electron chi connectivity index (χ1n) is 5.83. The molecule has 0 aliphatic rings. The van der Waals surface area contributed by atoms with Gasteiger partial charge in [-0.3, -0.25) is 4.98 Å². The molecule has 1 heterocycles. The van der Waals surface area contributed by atoms with E-state index in [9.17, 15) is 0 Å². The highest BCUT2D eigenvalue weighted by molar-refractivity contribution is 5.85. The fourth-order valence-electron chi connectivity index (χ4n) is 1.63. The van der Waals surface area contributed by atoms with Crippen LogP contribution in [0.3, 0.4) is 0 Å². The Kier molecular flexibility index (Phi) is 9.60. The van der Waals surface area contributed by atoms with Gasteiger partial charge in [0.15, 0.2) is 0 Å². The van der Waals surface area contributed by atoms with Crippen molar-refractivity contribution < 1.29 is 0 Å². The van der Waals surface area contributed by atoms with Crippen molar-refractivity contribution >= 4 is 12.4 Å². The second kappa shape index (κ2) is 9.97. The molecular weight excluding hydrogens is 206 g/mol. The SMILES string of the molecule is CCCCCCCCc1ccccn1.Cl. The maximum Gasteiger partial charge on any atom is 0.0403 e. The Morgan fingerprint density at radius 3 is 2.40 bits per heavy atom. The van der Waals surface area contributed by atoms with Crippen LogP contribution >= 0.6 is 12.4 Å². The average Bonchev–Trinajstić information content (AvgIpc) is 2.25. The Bertz CT molecular complexity index is 223. The molecule has 0 N–H and O–H groups in total. The molecule has 0 amide bonds. The van der Waals surface area contributed by atoms with Crippen molar-refractivity contribution in [3.05, 3.63) is 30.1 Å². The molecule has 0 spiro atoms. The van der Waals surface area contributed by atoms with Gasteiger partial charge in [0.05, 0.1) is 0 Å². The van der Waals surface area contributed by atoms with Crippen LogP contribution in [-0.4, -0.2) is 4.98 Å². The number of nitrogens with zero attached hydrogens (tertiary/aromatic N) is 1. The molecule has 0 fully saturated rings. The summed E-state index contributed by atoms with van der Waals surface area (Å²) in [7, 11) is 0. The number of unbranched alkanes of at least 4 members (excludes halogenated alkanes) is 5. The molecular formula is C13H22ClN. The lowest BCUT2D eigenvalue weighted by atomic mass is 10.1. The molecule has 1 nitrogen and oxygen atoms in total. The first-order chi connectivity index (χ1) is 6.93. The van der Waals surface area contributed by atoms with Gasteiger partial charge < -0.3 is 0 Å². The third-order valence-electron chi connectivity index (χ3n) is 2.51. The second-order valence-corrected chi connectivity index (χ2v) is 3.84. The van der Waals surface area contributed by atoms with E-state index in [1.54, 1.807) is 0 Å². The summed E-state index contributed by atoms with van der Waals surface area (Å²) in [4.78, 5) is 4.31. The third-order valence-corrected chi connectivity index (χ3v) is 2.51. The van der Waals surface area contributed by atoms with E-state index in [1.807, 2.05) is 12.3 Å². The number of aromatic nitrogens is 1. The third kappa shape index (κ3) is 7.38. The normalized spacial score (nSPS) is 9.67. The van der Waals surface area contributed by atoms with Crippen molar-refractivity contribution in [2.45, 2.75) is 51.9 Å². The highest BCUT2D eigenvalue weighted by Gasteiger charge is 1.93. The largest absolute Gasteiger partial charge is 0.261 e. The van der Waals surface area contributed by atoms with E-state index in [0.717, 1.165) is 6.42 Å². The van der Waals surface area contributed by atoms with Gasteiger partial charge in [0.25, 0.3) is 0 Å². The van der Waals surface area contributed by atoms with Crippen molar-refractivity contribution in [2.24, 2.45) is 0 Å². The fourth-order valence-corrected chi connectivity index (χ4v) is 1.63. The van der Waals surface area contributed by atoms with Gasteiger partial charge in [-0.1, -0.05) is 45.1 Å². The number of hydrogen-bond acceptors (Lipinski definition) is 1. The van der Waals surface area contributed by atoms with Gasteiger partial charge in [-0.15, -0.1) is 12.4 Å². The molecule has 0 saturated heterocycles. The Hall–Kier alpha value is -0.560. The van der Waals surface area contributed by atoms with E-state index in [-0.39, 0.29) is 12.4 Å². The van der Waals surface area contributed by atoms with E-state index in [4.69, 9.17) is 0 Å². The molecule has 1 aromatic heterocycles. The predicted molar refractivity (Wildman–Crippen MR) is 68.6 cm³/mol. The molecule has 2 heteroatoms. The van der Waals surface area contributed by atoms with E-state index in [1.165, 1.54) is 44.2 Å². The quantitative estimate of drug-likeness (QED) is 0.629. The average molecular weight is 228 g/mol. The first-order valence-corrected chi connectivity index (χ1v) is 5.83. The van der Waals surface area contributed by atoms with Gasteiger partial charge in [-0.2, -0.15) is 0 Å². The number of hydrogen-bond donors (Lipinski definition) is 0. The molecule has 1 aromatic rings. The predicted octanol–water partition coefficient (Wildman–Crippen LogP) is 4.41. The Balaban J connectivity index is 0.00000196. The smallest absolute Gasteiger partial charge is 0.0403 e. The van der Waals surface area contributed by atoms with Crippen molar-refractivity contribution in [3.8, 4) is 0 Å². The zero-order chi connectivity index (χ0) is 10.1. The van der Waals surface area contributed by atoms with Crippen LogP contribution < -0.4 is 0 Å². The lowest BCUT2D eigenvalue weighted by Gasteiger charge is -2.00. The summed E-state index contributed by atoms with van der Waals surface area (Å²) in [6.45, 7) is 2.26. The molecule has 15 heavy (non-hydrogen) atoms. The van der Waals surface area contributed by atoms with Crippen LogP contribution in [0.4, 0.5) is 0 Å². The van der Waals surface area contributed by atoms with Gasteiger partial charge in [-0.05, 0) is 25.0 Å². The van der Waals surface area contributed by atoms with Crippen LogP contribution in [0, 0.1) is 0 Å². The molecule has 0 saturated carbocycles. The van der Waals surface area contributed by atoms with Crippen LogP contribution in [-0.2, 0) is 6.42 Å². The Labute approximate surface area is 99.7 Å². The molecule has 86 valence electrons. The molecule has 1 rings (SSSR count). The topological polar surface area (TPSA) is 12.9 Å².